The van der Waals surface area contributed by atoms with Crippen molar-refractivity contribution < 1.29 is 9.59 Å². The lowest BCUT2D eigenvalue weighted by atomic mass is 10.1. The highest BCUT2D eigenvalue weighted by Crippen LogP contribution is 2.21. The molecule has 0 unspecified atom stereocenters. The second-order valence-electron chi connectivity index (χ2n) is 4.58. The lowest BCUT2D eigenvalue weighted by Crippen LogP contribution is -2.25. The van der Waals surface area contributed by atoms with Crippen LogP contribution in [0.5, 0.6) is 0 Å². The first-order valence-corrected chi connectivity index (χ1v) is 6.47. The highest BCUT2D eigenvalue weighted by atomic mass is 16.2. The van der Waals surface area contributed by atoms with E-state index in [9.17, 15) is 9.59 Å². The van der Waals surface area contributed by atoms with Gasteiger partial charge >= 0.3 is 0 Å². The Hall–Kier alpha value is -2.10. The van der Waals surface area contributed by atoms with E-state index in [1.54, 1.807) is 11.0 Å². The molecule has 4 nitrogen and oxygen atoms in total. The SMILES string of the molecule is C=CCNC(=O)Cc1ccc(N2CCCC2=O)cc1. The number of benzene rings is 1. The molecule has 0 aromatic heterocycles. The first kappa shape index (κ1) is 13.3. The van der Waals surface area contributed by atoms with Crippen molar-refractivity contribution in [1.29, 1.82) is 0 Å². The van der Waals surface area contributed by atoms with Crippen LogP contribution in [0.1, 0.15) is 18.4 Å². The van der Waals surface area contributed by atoms with Crippen LogP contribution in [0.3, 0.4) is 0 Å². The number of amides is 2. The third-order valence-corrected chi connectivity index (χ3v) is 3.13. The Morgan fingerprint density at radius 2 is 2.11 bits per heavy atom. The molecular weight excluding hydrogens is 240 g/mol. The quantitative estimate of drug-likeness (QED) is 0.817. The predicted molar refractivity (Wildman–Crippen MR) is 74.9 cm³/mol. The molecule has 0 saturated carbocycles. The maximum Gasteiger partial charge on any atom is 0.227 e. The van der Waals surface area contributed by atoms with Gasteiger partial charge < -0.3 is 10.2 Å². The summed E-state index contributed by atoms with van der Waals surface area (Å²) in [6.07, 6.45) is 3.55. The van der Waals surface area contributed by atoms with Gasteiger partial charge in [0.25, 0.3) is 0 Å². The van der Waals surface area contributed by atoms with Gasteiger partial charge in [0.15, 0.2) is 0 Å². The summed E-state index contributed by atoms with van der Waals surface area (Å²) in [6.45, 7) is 4.83. The van der Waals surface area contributed by atoms with E-state index in [2.05, 4.69) is 11.9 Å². The van der Waals surface area contributed by atoms with Crippen LogP contribution in [0, 0.1) is 0 Å². The van der Waals surface area contributed by atoms with E-state index >= 15 is 0 Å². The molecule has 1 heterocycles. The smallest absolute Gasteiger partial charge is 0.227 e. The Balaban J connectivity index is 1.96. The minimum atomic E-state index is -0.0232. The molecule has 1 fully saturated rings. The van der Waals surface area contributed by atoms with Crippen LogP contribution in [0.2, 0.25) is 0 Å². The van der Waals surface area contributed by atoms with Gasteiger partial charge in [0.1, 0.15) is 0 Å². The molecule has 0 atom stereocenters. The minimum absolute atomic E-state index is 0.0232. The van der Waals surface area contributed by atoms with Crippen molar-refractivity contribution in [3.63, 3.8) is 0 Å². The third kappa shape index (κ3) is 3.44. The summed E-state index contributed by atoms with van der Waals surface area (Å²) in [5.41, 5.74) is 1.86. The summed E-state index contributed by atoms with van der Waals surface area (Å²) in [7, 11) is 0. The first-order valence-electron chi connectivity index (χ1n) is 6.47. The Bertz CT molecular complexity index is 479. The van der Waals surface area contributed by atoms with Gasteiger partial charge in [-0.15, -0.1) is 6.58 Å². The molecule has 1 saturated heterocycles. The van der Waals surface area contributed by atoms with Crippen molar-refractivity contribution in [3.05, 3.63) is 42.5 Å². The second-order valence-corrected chi connectivity index (χ2v) is 4.58. The van der Waals surface area contributed by atoms with E-state index in [-0.39, 0.29) is 11.8 Å². The van der Waals surface area contributed by atoms with E-state index in [4.69, 9.17) is 0 Å². The van der Waals surface area contributed by atoms with E-state index in [1.165, 1.54) is 0 Å². The lowest BCUT2D eigenvalue weighted by Gasteiger charge is -2.15. The van der Waals surface area contributed by atoms with E-state index < -0.39 is 0 Å². The topological polar surface area (TPSA) is 49.4 Å². The van der Waals surface area contributed by atoms with Crippen LogP contribution in [0.25, 0.3) is 0 Å². The molecule has 100 valence electrons. The summed E-state index contributed by atoms with van der Waals surface area (Å²) in [5, 5.41) is 2.74. The van der Waals surface area contributed by atoms with Gasteiger partial charge in [-0.05, 0) is 24.1 Å². The summed E-state index contributed by atoms with van der Waals surface area (Å²) in [5.74, 6) is 0.154. The number of anilines is 1. The zero-order valence-corrected chi connectivity index (χ0v) is 10.9. The number of nitrogens with one attached hydrogen (secondary N) is 1. The molecule has 0 spiro atoms. The Kier molecular flexibility index (Phi) is 4.34. The van der Waals surface area contributed by atoms with E-state index in [0.29, 0.717) is 19.4 Å². The zero-order chi connectivity index (χ0) is 13.7. The van der Waals surface area contributed by atoms with Crippen molar-refractivity contribution in [2.45, 2.75) is 19.3 Å². The Morgan fingerprint density at radius 1 is 1.37 bits per heavy atom. The maximum absolute atomic E-state index is 11.6. The van der Waals surface area contributed by atoms with Gasteiger partial charge in [-0.2, -0.15) is 0 Å². The highest BCUT2D eigenvalue weighted by molar-refractivity contribution is 5.95. The van der Waals surface area contributed by atoms with Crippen LogP contribution < -0.4 is 10.2 Å². The van der Waals surface area contributed by atoms with Crippen molar-refractivity contribution in [2.24, 2.45) is 0 Å². The second kappa shape index (κ2) is 6.18. The zero-order valence-electron chi connectivity index (χ0n) is 10.9. The molecule has 1 N–H and O–H groups in total. The average Bonchev–Trinajstić information content (AvgIpc) is 2.83. The number of hydrogen-bond donors (Lipinski definition) is 1. The number of carbonyl (C=O) groups excluding carboxylic acids is 2. The fourth-order valence-electron chi connectivity index (χ4n) is 2.15. The number of carbonyl (C=O) groups is 2. The molecule has 2 rings (SSSR count). The highest BCUT2D eigenvalue weighted by Gasteiger charge is 2.21. The molecule has 2 amide bonds. The molecule has 0 bridgehead atoms. The average molecular weight is 258 g/mol. The van der Waals surface area contributed by atoms with Crippen LogP contribution >= 0.6 is 0 Å². The standard InChI is InChI=1S/C15H18N2O2/c1-2-9-16-14(18)11-12-5-7-13(8-6-12)17-10-3-4-15(17)19/h2,5-8H,1,3-4,9-11H2,(H,16,18). The van der Waals surface area contributed by atoms with Gasteiger partial charge in [0, 0.05) is 25.2 Å². The molecule has 19 heavy (non-hydrogen) atoms. The van der Waals surface area contributed by atoms with Gasteiger partial charge in [0.05, 0.1) is 6.42 Å². The van der Waals surface area contributed by atoms with Crippen molar-refractivity contribution in [2.75, 3.05) is 18.0 Å². The fourth-order valence-corrected chi connectivity index (χ4v) is 2.15. The van der Waals surface area contributed by atoms with E-state index in [1.807, 2.05) is 24.3 Å². The van der Waals surface area contributed by atoms with Gasteiger partial charge in [0.2, 0.25) is 11.8 Å². The van der Waals surface area contributed by atoms with Gasteiger partial charge in [-0.1, -0.05) is 18.2 Å². The number of nitrogens with zero attached hydrogens (tertiary/aromatic N) is 1. The summed E-state index contributed by atoms with van der Waals surface area (Å²) >= 11 is 0. The van der Waals surface area contributed by atoms with Gasteiger partial charge in [-0.25, -0.2) is 0 Å². The van der Waals surface area contributed by atoms with E-state index in [0.717, 1.165) is 24.2 Å². The Morgan fingerprint density at radius 3 is 2.68 bits per heavy atom. The summed E-state index contributed by atoms with van der Waals surface area (Å²) < 4.78 is 0. The van der Waals surface area contributed by atoms with Crippen molar-refractivity contribution in [1.82, 2.24) is 5.32 Å². The molecular formula is C15H18N2O2. The molecule has 0 aliphatic carbocycles. The summed E-state index contributed by atoms with van der Waals surface area (Å²) in [4.78, 5) is 24.9. The van der Waals surface area contributed by atoms with Crippen LogP contribution in [-0.2, 0) is 16.0 Å². The molecule has 1 aliphatic heterocycles. The predicted octanol–water partition coefficient (Wildman–Crippen LogP) is 1.66. The number of hydrogen-bond acceptors (Lipinski definition) is 2. The monoisotopic (exact) mass is 258 g/mol. The third-order valence-electron chi connectivity index (χ3n) is 3.13. The van der Waals surface area contributed by atoms with Crippen molar-refractivity contribution in [3.8, 4) is 0 Å². The first-order chi connectivity index (χ1) is 9.20. The largest absolute Gasteiger partial charge is 0.352 e. The fraction of sp³-hybridized carbons (Fsp3) is 0.333. The molecule has 1 aromatic rings. The Labute approximate surface area is 113 Å². The number of rotatable bonds is 5. The molecule has 4 heteroatoms. The van der Waals surface area contributed by atoms with Crippen LogP contribution in [-0.4, -0.2) is 24.9 Å². The van der Waals surface area contributed by atoms with Crippen molar-refractivity contribution >= 4 is 17.5 Å². The minimum Gasteiger partial charge on any atom is -0.352 e. The molecule has 1 aliphatic rings. The van der Waals surface area contributed by atoms with Gasteiger partial charge in [-0.3, -0.25) is 9.59 Å². The lowest BCUT2D eigenvalue weighted by molar-refractivity contribution is -0.120. The maximum atomic E-state index is 11.6. The molecule has 1 aromatic carbocycles. The summed E-state index contributed by atoms with van der Waals surface area (Å²) in [6, 6.07) is 7.60. The molecule has 0 radical (unpaired) electrons. The van der Waals surface area contributed by atoms with Crippen LogP contribution in [0.15, 0.2) is 36.9 Å². The van der Waals surface area contributed by atoms with Crippen LogP contribution in [0.4, 0.5) is 5.69 Å². The normalized spacial score (nSPS) is 14.5.